The van der Waals surface area contributed by atoms with Crippen LogP contribution in [0.4, 0.5) is 0 Å². The van der Waals surface area contributed by atoms with Crippen LogP contribution in [-0.2, 0) is 0 Å². The second-order valence-electron chi connectivity index (χ2n) is 4.38. The SMILES string of the molecule is CCCCC1([O-])C=C(c2ccccc2)C1.[Li+]. The van der Waals surface area contributed by atoms with E-state index >= 15 is 0 Å². The van der Waals surface area contributed by atoms with E-state index in [9.17, 15) is 5.11 Å². The number of hydrogen-bond donors (Lipinski definition) is 0. The molecular formula is C14H17LiO. The predicted molar refractivity (Wildman–Crippen MR) is 61.3 cm³/mol. The van der Waals surface area contributed by atoms with Crippen LogP contribution in [0.3, 0.4) is 0 Å². The Hall–Kier alpha value is -0.483. The molecule has 0 amide bonds. The van der Waals surface area contributed by atoms with E-state index in [4.69, 9.17) is 0 Å². The van der Waals surface area contributed by atoms with E-state index in [0.29, 0.717) is 6.42 Å². The summed E-state index contributed by atoms with van der Waals surface area (Å²) in [5.41, 5.74) is 1.67. The standard InChI is InChI=1S/C14H17O.Li/c1-2-3-9-14(15)10-13(11-14)12-7-5-4-6-8-12;/h4-8,10H,2-3,9,11H2,1H3;/q-1;+1. The van der Waals surface area contributed by atoms with Crippen molar-refractivity contribution in [1.29, 1.82) is 0 Å². The van der Waals surface area contributed by atoms with Gasteiger partial charge in [0.05, 0.1) is 0 Å². The summed E-state index contributed by atoms with van der Waals surface area (Å²) in [6, 6.07) is 10.2. The molecule has 0 aliphatic heterocycles. The Bertz CT molecular complexity index is 358. The normalized spacial score (nSPS) is 23.0. The van der Waals surface area contributed by atoms with Crippen molar-refractivity contribution in [2.75, 3.05) is 0 Å². The molecule has 1 aliphatic carbocycles. The topological polar surface area (TPSA) is 23.1 Å². The van der Waals surface area contributed by atoms with Gasteiger partial charge in [-0.05, 0) is 17.6 Å². The number of benzene rings is 1. The summed E-state index contributed by atoms with van der Waals surface area (Å²) in [5.74, 6) is 0. The van der Waals surface area contributed by atoms with E-state index in [1.54, 1.807) is 0 Å². The summed E-state index contributed by atoms with van der Waals surface area (Å²) >= 11 is 0. The first-order valence-electron chi connectivity index (χ1n) is 5.71. The van der Waals surface area contributed by atoms with Crippen LogP contribution in [0.15, 0.2) is 36.4 Å². The van der Waals surface area contributed by atoms with E-state index in [1.807, 2.05) is 24.3 Å². The van der Waals surface area contributed by atoms with Gasteiger partial charge >= 0.3 is 18.9 Å². The molecule has 0 spiro atoms. The summed E-state index contributed by atoms with van der Waals surface area (Å²) < 4.78 is 0. The average Bonchev–Trinajstić information content (AvgIpc) is 2.24. The van der Waals surface area contributed by atoms with E-state index in [2.05, 4.69) is 19.1 Å². The molecule has 1 unspecified atom stereocenters. The molecule has 0 aromatic heterocycles. The van der Waals surface area contributed by atoms with Crippen LogP contribution in [0.2, 0.25) is 0 Å². The summed E-state index contributed by atoms with van der Waals surface area (Å²) in [5, 5.41) is 12.0. The maximum Gasteiger partial charge on any atom is 1.00 e. The maximum absolute atomic E-state index is 12.0. The third kappa shape index (κ3) is 3.01. The number of hydrogen-bond acceptors (Lipinski definition) is 1. The van der Waals surface area contributed by atoms with Crippen LogP contribution in [0, 0.1) is 0 Å². The van der Waals surface area contributed by atoms with Gasteiger partial charge in [0.2, 0.25) is 0 Å². The number of unbranched alkanes of at least 4 members (excludes halogenated alkanes) is 1. The fourth-order valence-electron chi connectivity index (χ4n) is 2.09. The molecule has 1 aromatic rings. The molecule has 0 fully saturated rings. The first kappa shape index (κ1) is 13.6. The zero-order valence-electron chi connectivity index (χ0n) is 10.2. The largest absolute Gasteiger partial charge is 1.00 e. The maximum atomic E-state index is 12.0. The van der Waals surface area contributed by atoms with Crippen molar-refractivity contribution in [1.82, 2.24) is 0 Å². The quantitative estimate of drug-likeness (QED) is 0.627. The average molecular weight is 208 g/mol. The Morgan fingerprint density at radius 1 is 1.25 bits per heavy atom. The second kappa shape index (κ2) is 5.73. The van der Waals surface area contributed by atoms with Crippen LogP contribution in [-0.4, -0.2) is 5.60 Å². The van der Waals surface area contributed by atoms with Crippen molar-refractivity contribution in [2.24, 2.45) is 0 Å². The van der Waals surface area contributed by atoms with Gasteiger partial charge < -0.3 is 5.11 Å². The Labute approximate surface area is 110 Å². The molecule has 0 heterocycles. The van der Waals surface area contributed by atoms with Gasteiger partial charge in [0.15, 0.2) is 0 Å². The van der Waals surface area contributed by atoms with E-state index < -0.39 is 5.60 Å². The Morgan fingerprint density at radius 2 is 1.88 bits per heavy atom. The molecule has 1 nitrogen and oxygen atoms in total. The minimum atomic E-state index is -0.763. The van der Waals surface area contributed by atoms with Gasteiger partial charge in [-0.1, -0.05) is 68.2 Å². The van der Waals surface area contributed by atoms with Gasteiger partial charge in [0.25, 0.3) is 0 Å². The van der Waals surface area contributed by atoms with Gasteiger partial charge in [-0.3, -0.25) is 0 Å². The van der Waals surface area contributed by atoms with Crippen molar-refractivity contribution in [2.45, 2.75) is 38.2 Å². The second-order valence-corrected chi connectivity index (χ2v) is 4.38. The minimum absolute atomic E-state index is 0. The summed E-state index contributed by atoms with van der Waals surface area (Å²) in [6.45, 7) is 2.13. The van der Waals surface area contributed by atoms with Crippen LogP contribution in [0.25, 0.3) is 5.57 Å². The molecule has 0 saturated heterocycles. The summed E-state index contributed by atoms with van der Waals surface area (Å²) in [4.78, 5) is 0. The fourth-order valence-corrected chi connectivity index (χ4v) is 2.09. The van der Waals surface area contributed by atoms with E-state index in [0.717, 1.165) is 19.3 Å². The van der Waals surface area contributed by atoms with Gasteiger partial charge in [0.1, 0.15) is 0 Å². The molecule has 2 rings (SSSR count). The molecule has 0 N–H and O–H groups in total. The van der Waals surface area contributed by atoms with Crippen LogP contribution >= 0.6 is 0 Å². The first-order chi connectivity index (χ1) is 7.23. The van der Waals surface area contributed by atoms with Crippen molar-refractivity contribution in [3.63, 3.8) is 0 Å². The predicted octanol–water partition coefficient (Wildman–Crippen LogP) is -0.233. The van der Waals surface area contributed by atoms with Crippen molar-refractivity contribution in [3.05, 3.63) is 42.0 Å². The Balaban J connectivity index is 0.00000128. The summed E-state index contributed by atoms with van der Waals surface area (Å²) in [7, 11) is 0. The van der Waals surface area contributed by atoms with Crippen molar-refractivity contribution >= 4 is 5.57 Å². The Morgan fingerprint density at radius 3 is 2.44 bits per heavy atom. The molecule has 0 bridgehead atoms. The zero-order valence-corrected chi connectivity index (χ0v) is 10.2. The van der Waals surface area contributed by atoms with E-state index in [-0.39, 0.29) is 18.9 Å². The molecule has 80 valence electrons. The minimum Gasteiger partial charge on any atom is -0.846 e. The first-order valence-corrected chi connectivity index (χ1v) is 5.71. The molecule has 0 radical (unpaired) electrons. The molecule has 2 heteroatoms. The zero-order chi connectivity index (χ0) is 10.7. The van der Waals surface area contributed by atoms with Gasteiger partial charge in [-0.25, -0.2) is 0 Å². The molecule has 1 aliphatic rings. The van der Waals surface area contributed by atoms with Crippen molar-refractivity contribution in [3.8, 4) is 0 Å². The van der Waals surface area contributed by atoms with Crippen LogP contribution in [0.5, 0.6) is 0 Å². The number of rotatable bonds is 4. The van der Waals surface area contributed by atoms with Crippen molar-refractivity contribution < 1.29 is 24.0 Å². The smallest absolute Gasteiger partial charge is 0.846 e. The third-order valence-electron chi connectivity index (χ3n) is 3.03. The van der Waals surface area contributed by atoms with E-state index in [1.165, 1.54) is 11.1 Å². The van der Waals surface area contributed by atoms with Gasteiger partial charge in [-0.15, -0.1) is 0 Å². The summed E-state index contributed by atoms with van der Waals surface area (Å²) in [6.07, 6.45) is 5.56. The van der Waals surface area contributed by atoms with Gasteiger partial charge in [-0.2, -0.15) is 0 Å². The van der Waals surface area contributed by atoms with Gasteiger partial charge in [0, 0.05) is 0 Å². The molecular weight excluding hydrogens is 191 g/mol. The van der Waals surface area contributed by atoms with Crippen LogP contribution < -0.4 is 24.0 Å². The third-order valence-corrected chi connectivity index (χ3v) is 3.03. The Kier molecular flexibility index (Phi) is 4.86. The molecule has 1 aromatic carbocycles. The monoisotopic (exact) mass is 208 g/mol. The molecule has 1 atom stereocenters. The van der Waals surface area contributed by atoms with Crippen LogP contribution in [0.1, 0.15) is 38.2 Å². The fraction of sp³-hybridized carbons (Fsp3) is 0.429. The molecule has 0 saturated carbocycles. The molecule has 16 heavy (non-hydrogen) atoms.